The van der Waals surface area contributed by atoms with Gasteiger partial charge in [0.2, 0.25) is 0 Å². The molecule has 0 radical (unpaired) electrons. The number of para-hydroxylation sites is 1. The van der Waals surface area contributed by atoms with Crippen LogP contribution in [0.5, 0.6) is 5.75 Å². The predicted octanol–water partition coefficient (Wildman–Crippen LogP) is 4.47. The fraction of sp³-hybridized carbons (Fsp3) is 0.400. The zero-order valence-electron chi connectivity index (χ0n) is 14.7. The summed E-state index contributed by atoms with van der Waals surface area (Å²) in [7, 11) is 0. The quantitative estimate of drug-likeness (QED) is 0.797. The van der Waals surface area contributed by atoms with Gasteiger partial charge in [0.1, 0.15) is 12.4 Å². The highest BCUT2D eigenvalue weighted by Crippen LogP contribution is 2.32. The molecule has 0 aromatic heterocycles. The molecule has 25 heavy (non-hydrogen) atoms. The van der Waals surface area contributed by atoms with Gasteiger partial charge >= 0.3 is 0 Å². The molecule has 138 valence electrons. The SMILES string of the molecule is CC[C@H](c1ccccc1OCc1ccccc1)N1CCNCC1.Cl.Cl. The second-order valence-electron chi connectivity index (χ2n) is 6.02. The molecule has 3 rings (SSSR count). The number of benzene rings is 2. The Morgan fingerprint density at radius 3 is 2.28 bits per heavy atom. The Balaban J connectivity index is 0.00000156. The fourth-order valence-electron chi connectivity index (χ4n) is 3.29. The van der Waals surface area contributed by atoms with E-state index < -0.39 is 0 Å². The molecule has 2 aromatic carbocycles. The van der Waals surface area contributed by atoms with Crippen molar-refractivity contribution < 1.29 is 4.74 Å². The van der Waals surface area contributed by atoms with Crippen LogP contribution in [0.1, 0.15) is 30.5 Å². The van der Waals surface area contributed by atoms with Crippen molar-refractivity contribution in [3.63, 3.8) is 0 Å². The van der Waals surface area contributed by atoms with Crippen LogP contribution in [0.25, 0.3) is 0 Å². The molecule has 5 heteroatoms. The lowest BCUT2D eigenvalue weighted by atomic mass is 10.0. The Bertz CT molecular complexity index is 604. The lowest BCUT2D eigenvalue weighted by Crippen LogP contribution is -2.45. The van der Waals surface area contributed by atoms with Crippen LogP contribution < -0.4 is 10.1 Å². The second-order valence-corrected chi connectivity index (χ2v) is 6.02. The zero-order chi connectivity index (χ0) is 15.9. The second kappa shape index (κ2) is 11.4. The van der Waals surface area contributed by atoms with Gasteiger partial charge in [0.15, 0.2) is 0 Å². The summed E-state index contributed by atoms with van der Waals surface area (Å²) in [5.74, 6) is 1.02. The first-order chi connectivity index (χ1) is 11.4. The zero-order valence-corrected chi connectivity index (χ0v) is 16.3. The molecule has 0 saturated carbocycles. The summed E-state index contributed by atoms with van der Waals surface area (Å²) >= 11 is 0. The third kappa shape index (κ3) is 5.89. The van der Waals surface area contributed by atoms with Gasteiger partial charge in [-0.1, -0.05) is 55.5 Å². The van der Waals surface area contributed by atoms with Crippen LogP contribution in [0, 0.1) is 0 Å². The number of nitrogens with zero attached hydrogens (tertiary/aromatic N) is 1. The van der Waals surface area contributed by atoms with Gasteiger partial charge in [-0.15, -0.1) is 24.8 Å². The van der Waals surface area contributed by atoms with Crippen LogP contribution in [0.4, 0.5) is 0 Å². The third-order valence-corrected chi connectivity index (χ3v) is 4.49. The van der Waals surface area contributed by atoms with Crippen LogP contribution in [0.2, 0.25) is 0 Å². The minimum atomic E-state index is 0. The number of halogens is 2. The van der Waals surface area contributed by atoms with Crippen LogP contribution in [-0.4, -0.2) is 31.1 Å². The standard InChI is InChI=1S/C20H26N2O.2ClH/c1-2-19(22-14-12-21-13-15-22)18-10-6-7-11-20(18)23-16-17-8-4-3-5-9-17;;/h3-11,19,21H,2,12-16H2,1H3;2*1H/t19-;;/m1../s1. The Labute approximate surface area is 163 Å². The molecule has 2 aromatic rings. The maximum Gasteiger partial charge on any atom is 0.124 e. The van der Waals surface area contributed by atoms with Crippen molar-refractivity contribution >= 4 is 24.8 Å². The Morgan fingerprint density at radius 2 is 1.60 bits per heavy atom. The van der Waals surface area contributed by atoms with Crippen molar-refractivity contribution in [2.24, 2.45) is 0 Å². The van der Waals surface area contributed by atoms with Crippen LogP contribution in [0.15, 0.2) is 54.6 Å². The average Bonchev–Trinajstić information content (AvgIpc) is 2.63. The van der Waals surface area contributed by atoms with E-state index in [4.69, 9.17) is 4.74 Å². The largest absolute Gasteiger partial charge is 0.489 e. The number of hydrogen-bond acceptors (Lipinski definition) is 3. The van der Waals surface area contributed by atoms with Gasteiger partial charge in [-0.2, -0.15) is 0 Å². The van der Waals surface area contributed by atoms with Crippen LogP contribution >= 0.6 is 24.8 Å². The summed E-state index contributed by atoms with van der Waals surface area (Å²) in [5.41, 5.74) is 2.52. The molecular formula is C20H28Cl2N2O. The van der Waals surface area contributed by atoms with Gasteiger partial charge in [-0.25, -0.2) is 0 Å². The van der Waals surface area contributed by atoms with Crippen molar-refractivity contribution in [3.05, 3.63) is 65.7 Å². The lowest BCUT2D eigenvalue weighted by Gasteiger charge is -2.35. The van der Waals surface area contributed by atoms with E-state index in [9.17, 15) is 0 Å². The normalized spacial score (nSPS) is 15.6. The summed E-state index contributed by atoms with van der Waals surface area (Å²) < 4.78 is 6.15. The first-order valence-corrected chi connectivity index (χ1v) is 8.59. The molecule has 1 heterocycles. The number of nitrogens with one attached hydrogen (secondary N) is 1. The van der Waals surface area contributed by atoms with Crippen LogP contribution in [0.3, 0.4) is 0 Å². The monoisotopic (exact) mass is 382 g/mol. The molecule has 0 bridgehead atoms. The minimum absolute atomic E-state index is 0. The molecule has 1 saturated heterocycles. The Hall–Kier alpha value is -1.26. The molecule has 1 aliphatic rings. The topological polar surface area (TPSA) is 24.5 Å². The van der Waals surface area contributed by atoms with Crippen molar-refractivity contribution in [1.29, 1.82) is 0 Å². The fourth-order valence-corrected chi connectivity index (χ4v) is 3.29. The Kier molecular flexibility index (Phi) is 9.91. The first kappa shape index (κ1) is 21.8. The van der Waals surface area contributed by atoms with Crippen molar-refractivity contribution in [1.82, 2.24) is 10.2 Å². The molecular weight excluding hydrogens is 355 g/mol. The lowest BCUT2D eigenvalue weighted by molar-refractivity contribution is 0.164. The first-order valence-electron chi connectivity index (χ1n) is 8.59. The van der Waals surface area contributed by atoms with Crippen LogP contribution in [-0.2, 0) is 6.61 Å². The molecule has 1 N–H and O–H groups in total. The van der Waals surface area contributed by atoms with Gasteiger partial charge in [-0.3, -0.25) is 4.90 Å². The van der Waals surface area contributed by atoms with E-state index in [0.29, 0.717) is 12.6 Å². The van der Waals surface area contributed by atoms with E-state index in [2.05, 4.69) is 65.7 Å². The predicted molar refractivity (Wildman–Crippen MR) is 109 cm³/mol. The van der Waals surface area contributed by atoms with E-state index in [-0.39, 0.29) is 24.8 Å². The number of hydrogen-bond donors (Lipinski definition) is 1. The summed E-state index contributed by atoms with van der Waals surface area (Å²) in [6, 6.07) is 19.3. The summed E-state index contributed by atoms with van der Waals surface area (Å²) in [6.45, 7) is 7.24. The Morgan fingerprint density at radius 1 is 0.960 bits per heavy atom. The smallest absolute Gasteiger partial charge is 0.124 e. The van der Waals surface area contributed by atoms with Crippen molar-refractivity contribution in [2.75, 3.05) is 26.2 Å². The number of piperazine rings is 1. The molecule has 0 spiro atoms. The van der Waals surface area contributed by atoms with E-state index in [1.807, 2.05) is 6.07 Å². The van der Waals surface area contributed by atoms with Gasteiger partial charge in [0.05, 0.1) is 0 Å². The van der Waals surface area contributed by atoms with Gasteiger partial charge in [-0.05, 0) is 18.1 Å². The number of rotatable bonds is 6. The molecule has 1 atom stereocenters. The molecule has 0 amide bonds. The van der Waals surface area contributed by atoms with E-state index >= 15 is 0 Å². The van der Waals surface area contributed by atoms with Crippen molar-refractivity contribution in [2.45, 2.75) is 26.0 Å². The molecule has 1 aliphatic heterocycles. The van der Waals surface area contributed by atoms with Gasteiger partial charge < -0.3 is 10.1 Å². The molecule has 0 aliphatic carbocycles. The number of ether oxygens (including phenoxy) is 1. The maximum absolute atomic E-state index is 6.15. The average molecular weight is 383 g/mol. The summed E-state index contributed by atoms with van der Waals surface area (Å²) in [4.78, 5) is 2.57. The molecule has 3 nitrogen and oxygen atoms in total. The highest BCUT2D eigenvalue weighted by atomic mass is 35.5. The van der Waals surface area contributed by atoms with Gasteiger partial charge in [0, 0.05) is 37.8 Å². The van der Waals surface area contributed by atoms with Gasteiger partial charge in [0.25, 0.3) is 0 Å². The third-order valence-electron chi connectivity index (χ3n) is 4.49. The molecule has 0 unspecified atom stereocenters. The van der Waals surface area contributed by atoms with Crippen molar-refractivity contribution in [3.8, 4) is 5.75 Å². The minimum Gasteiger partial charge on any atom is -0.489 e. The van der Waals surface area contributed by atoms with E-state index in [1.165, 1.54) is 11.1 Å². The summed E-state index contributed by atoms with van der Waals surface area (Å²) in [5, 5.41) is 3.43. The summed E-state index contributed by atoms with van der Waals surface area (Å²) in [6.07, 6.45) is 1.10. The van der Waals surface area contributed by atoms with E-state index in [1.54, 1.807) is 0 Å². The highest BCUT2D eigenvalue weighted by molar-refractivity contribution is 5.85. The maximum atomic E-state index is 6.15. The van der Waals surface area contributed by atoms with E-state index in [0.717, 1.165) is 38.3 Å². The molecule has 1 fully saturated rings. The highest BCUT2D eigenvalue weighted by Gasteiger charge is 2.23.